The average Bonchev–Trinajstić information content (AvgIpc) is 2.70. The summed E-state index contributed by atoms with van der Waals surface area (Å²) < 4.78 is 9.54. The molecule has 6 heteroatoms. The molecule has 0 aliphatic heterocycles. The Labute approximate surface area is 154 Å². The second-order valence-corrected chi connectivity index (χ2v) is 6.56. The predicted molar refractivity (Wildman–Crippen MR) is 96.8 cm³/mol. The Morgan fingerprint density at radius 1 is 1.08 bits per heavy atom. The van der Waals surface area contributed by atoms with Crippen LogP contribution in [0.3, 0.4) is 0 Å². The molecule has 2 rings (SSSR count). The van der Waals surface area contributed by atoms with Crippen LogP contribution in [0.15, 0.2) is 24.3 Å². The first-order chi connectivity index (χ1) is 12.6. The van der Waals surface area contributed by atoms with Crippen LogP contribution in [-0.4, -0.2) is 38.1 Å². The highest BCUT2D eigenvalue weighted by molar-refractivity contribution is 5.91. The number of benzene rings is 1. The lowest BCUT2D eigenvalue weighted by Crippen LogP contribution is -2.29. The zero-order valence-electron chi connectivity index (χ0n) is 15.3. The quantitative estimate of drug-likeness (QED) is 0.569. The third-order valence-corrected chi connectivity index (χ3v) is 4.66. The molecule has 0 heterocycles. The molecule has 0 unspecified atom stereocenters. The van der Waals surface area contributed by atoms with Gasteiger partial charge in [0.1, 0.15) is 0 Å². The Hall–Kier alpha value is -2.37. The Balaban J connectivity index is 1.70. The molecule has 1 aliphatic carbocycles. The van der Waals surface area contributed by atoms with Gasteiger partial charge in [-0.3, -0.25) is 9.59 Å². The third-order valence-electron chi connectivity index (χ3n) is 4.66. The van der Waals surface area contributed by atoms with Gasteiger partial charge >= 0.3 is 11.9 Å². The monoisotopic (exact) mass is 361 g/mol. The first-order valence-electron chi connectivity index (χ1n) is 9.20. The van der Waals surface area contributed by atoms with Crippen LogP contribution < -0.4 is 5.32 Å². The Bertz CT molecular complexity index is 605. The molecule has 0 atom stereocenters. The van der Waals surface area contributed by atoms with Crippen LogP contribution >= 0.6 is 0 Å². The van der Waals surface area contributed by atoms with Crippen LogP contribution in [-0.2, 0) is 19.1 Å². The number of carbonyl (C=O) groups excluding carboxylic acids is 3. The maximum atomic E-state index is 12.0. The summed E-state index contributed by atoms with van der Waals surface area (Å²) in [5.74, 6) is -0.626. The lowest BCUT2D eigenvalue weighted by Gasteiger charge is -2.21. The minimum absolute atomic E-state index is 0.240. The molecule has 1 aromatic carbocycles. The van der Waals surface area contributed by atoms with E-state index in [4.69, 9.17) is 4.74 Å². The highest BCUT2D eigenvalue weighted by Crippen LogP contribution is 2.32. The highest BCUT2D eigenvalue weighted by Gasteiger charge is 2.16. The van der Waals surface area contributed by atoms with Gasteiger partial charge in [0.15, 0.2) is 6.61 Å². The van der Waals surface area contributed by atoms with Crippen molar-refractivity contribution in [2.24, 2.45) is 0 Å². The van der Waals surface area contributed by atoms with Crippen molar-refractivity contribution in [2.75, 3.05) is 20.3 Å². The molecule has 0 spiro atoms. The largest absolute Gasteiger partial charge is 0.469 e. The zero-order chi connectivity index (χ0) is 18.8. The summed E-state index contributed by atoms with van der Waals surface area (Å²) in [6.45, 7) is 0.00298. The number of amides is 1. The van der Waals surface area contributed by atoms with Gasteiger partial charge in [0.2, 0.25) is 0 Å². The normalized spacial score (nSPS) is 14.5. The topological polar surface area (TPSA) is 81.7 Å². The molecule has 6 nitrogen and oxygen atoms in total. The third kappa shape index (κ3) is 6.50. The fourth-order valence-corrected chi connectivity index (χ4v) is 3.16. The Kier molecular flexibility index (Phi) is 8.12. The number of ether oxygens (including phenoxy) is 2. The molecule has 0 radical (unpaired) electrons. The molecule has 0 bridgehead atoms. The Morgan fingerprint density at radius 2 is 1.77 bits per heavy atom. The van der Waals surface area contributed by atoms with Crippen molar-refractivity contribution in [1.29, 1.82) is 0 Å². The van der Waals surface area contributed by atoms with E-state index in [1.54, 1.807) is 12.1 Å². The van der Waals surface area contributed by atoms with Crippen molar-refractivity contribution in [3.63, 3.8) is 0 Å². The molecule has 1 fully saturated rings. The van der Waals surface area contributed by atoms with E-state index in [1.165, 1.54) is 44.8 Å². The minimum atomic E-state index is -0.509. The summed E-state index contributed by atoms with van der Waals surface area (Å²) in [6.07, 6.45) is 6.98. The van der Waals surface area contributed by atoms with Gasteiger partial charge in [0.05, 0.1) is 12.7 Å². The number of nitrogens with one attached hydrogen (secondary N) is 1. The van der Waals surface area contributed by atoms with Gasteiger partial charge < -0.3 is 14.8 Å². The molecule has 0 saturated heterocycles. The smallest absolute Gasteiger partial charge is 0.338 e. The van der Waals surface area contributed by atoms with E-state index in [0.717, 1.165) is 0 Å². The molecule has 1 aromatic rings. The first-order valence-corrected chi connectivity index (χ1v) is 9.20. The van der Waals surface area contributed by atoms with Crippen LogP contribution in [0.25, 0.3) is 0 Å². The molecular formula is C20H27NO5. The van der Waals surface area contributed by atoms with Crippen molar-refractivity contribution in [3.05, 3.63) is 35.4 Å². The van der Waals surface area contributed by atoms with Crippen LogP contribution in [0.1, 0.15) is 66.8 Å². The van der Waals surface area contributed by atoms with E-state index >= 15 is 0 Å². The fourth-order valence-electron chi connectivity index (χ4n) is 3.16. The standard InChI is InChI=1S/C20H27NO5/c1-25-19(23)8-5-13-21-18(22)14-26-20(24)17-11-9-16(10-12-17)15-6-3-2-4-7-15/h9-12,15H,2-8,13-14H2,1H3,(H,21,22). The number of methoxy groups -OCH3 is 1. The molecule has 1 amide bonds. The van der Waals surface area contributed by atoms with E-state index in [2.05, 4.69) is 10.1 Å². The lowest BCUT2D eigenvalue weighted by molar-refractivity contribution is -0.140. The SMILES string of the molecule is COC(=O)CCCNC(=O)COC(=O)c1ccc(C2CCCCC2)cc1. The van der Waals surface area contributed by atoms with Crippen molar-refractivity contribution in [2.45, 2.75) is 50.9 Å². The van der Waals surface area contributed by atoms with Gasteiger partial charge in [-0.1, -0.05) is 31.4 Å². The van der Waals surface area contributed by atoms with E-state index in [0.29, 0.717) is 24.4 Å². The van der Waals surface area contributed by atoms with Crippen molar-refractivity contribution >= 4 is 17.8 Å². The highest BCUT2D eigenvalue weighted by atomic mass is 16.5. The van der Waals surface area contributed by atoms with Gasteiger partial charge in [-0.05, 0) is 42.9 Å². The van der Waals surface area contributed by atoms with Gasteiger partial charge in [-0.2, -0.15) is 0 Å². The van der Waals surface area contributed by atoms with Gasteiger partial charge in [0, 0.05) is 13.0 Å². The van der Waals surface area contributed by atoms with Crippen molar-refractivity contribution < 1.29 is 23.9 Å². The first kappa shape index (κ1) is 19.9. The van der Waals surface area contributed by atoms with Gasteiger partial charge in [0.25, 0.3) is 5.91 Å². The number of esters is 2. The molecule has 1 saturated carbocycles. The lowest BCUT2D eigenvalue weighted by atomic mass is 9.84. The van der Waals surface area contributed by atoms with Gasteiger partial charge in [-0.15, -0.1) is 0 Å². The number of hydrogen-bond donors (Lipinski definition) is 1. The van der Waals surface area contributed by atoms with Crippen LogP contribution in [0, 0.1) is 0 Å². The van der Waals surface area contributed by atoms with E-state index in [1.807, 2.05) is 12.1 Å². The number of rotatable bonds is 8. The van der Waals surface area contributed by atoms with Crippen molar-refractivity contribution in [1.82, 2.24) is 5.32 Å². The fraction of sp³-hybridized carbons (Fsp3) is 0.550. The molecule has 26 heavy (non-hydrogen) atoms. The summed E-state index contributed by atoms with van der Waals surface area (Å²) in [5.41, 5.74) is 1.72. The molecule has 1 aliphatic rings. The maximum Gasteiger partial charge on any atom is 0.338 e. The van der Waals surface area contributed by atoms with E-state index in [9.17, 15) is 14.4 Å². The summed E-state index contributed by atoms with van der Waals surface area (Å²) in [4.78, 5) is 34.6. The zero-order valence-corrected chi connectivity index (χ0v) is 15.3. The van der Waals surface area contributed by atoms with E-state index in [-0.39, 0.29) is 24.9 Å². The predicted octanol–water partition coefficient (Wildman–Crippen LogP) is 2.96. The molecule has 142 valence electrons. The second-order valence-electron chi connectivity index (χ2n) is 6.56. The minimum Gasteiger partial charge on any atom is -0.469 e. The second kappa shape index (κ2) is 10.6. The summed E-state index contributed by atoms with van der Waals surface area (Å²) in [5, 5.41) is 2.60. The molecule has 1 N–H and O–H groups in total. The summed E-state index contributed by atoms with van der Waals surface area (Å²) in [6, 6.07) is 7.50. The van der Waals surface area contributed by atoms with Crippen molar-refractivity contribution in [3.8, 4) is 0 Å². The Morgan fingerprint density at radius 3 is 2.42 bits per heavy atom. The van der Waals surface area contributed by atoms with Crippen LogP contribution in [0.4, 0.5) is 0 Å². The number of hydrogen-bond acceptors (Lipinski definition) is 5. The molecular weight excluding hydrogens is 334 g/mol. The average molecular weight is 361 g/mol. The molecule has 0 aromatic heterocycles. The van der Waals surface area contributed by atoms with Crippen LogP contribution in [0.5, 0.6) is 0 Å². The summed E-state index contributed by atoms with van der Waals surface area (Å²) in [7, 11) is 1.32. The van der Waals surface area contributed by atoms with Crippen LogP contribution in [0.2, 0.25) is 0 Å². The van der Waals surface area contributed by atoms with E-state index < -0.39 is 5.97 Å². The van der Waals surface area contributed by atoms with Gasteiger partial charge in [-0.25, -0.2) is 4.79 Å². The number of carbonyl (C=O) groups is 3. The summed E-state index contributed by atoms with van der Waals surface area (Å²) >= 11 is 0. The maximum absolute atomic E-state index is 12.0.